The lowest BCUT2D eigenvalue weighted by atomic mass is 9.97. The second-order valence-corrected chi connectivity index (χ2v) is 6.87. The van der Waals surface area contributed by atoms with Crippen LogP contribution in [0.25, 0.3) is 11.3 Å². The summed E-state index contributed by atoms with van der Waals surface area (Å²) in [4.78, 5) is 26.9. The van der Waals surface area contributed by atoms with Crippen LogP contribution in [0.1, 0.15) is 17.3 Å². The quantitative estimate of drug-likeness (QED) is 0.708. The molecule has 1 aliphatic heterocycles. The van der Waals surface area contributed by atoms with Gasteiger partial charge in [-0.3, -0.25) is 15.3 Å². The molecule has 2 amide bonds. The third-order valence-corrected chi connectivity index (χ3v) is 4.75. The summed E-state index contributed by atoms with van der Waals surface area (Å²) in [6, 6.07) is 5.87. The molecule has 148 valence electrons. The van der Waals surface area contributed by atoms with Crippen LogP contribution in [0.15, 0.2) is 42.7 Å². The fourth-order valence-corrected chi connectivity index (χ4v) is 3.04. The summed E-state index contributed by atoms with van der Waals surface area (Å²) in [6.07, 6.45) is 3.41. The summed E-state index contributed by atoms with van der Waals surface area (Å²) in [7, 11) is 0. The fraction of sp³-hybridized carbons (Fsp3) is 0.200. The van der Waals surface area contributed by atoms with E-state index in [1.54, 1.807) is 17.3 Å². The summed E-state index contributed by atoms with van der Waals surface area (Å²) in [5, 5.41) is 2.65. The first-order valence-corrected chi connectivity index (χ1v) is 8.97. The van der Waals surface area contributed by atoms with Gasteiger partial charge in [0, 0.05) is 43.0 Å². The van der Waals surface area contributed by atoms with Crippen LogP contribution in [-0.4, -0.2) is 39.0 Å². The maximum absolute atomic E-state index is 14.0. The van der Waals surface area contributed by atoms with E-state index in [0.717, 1.165) is 23.5 Å². The fourth-order valence-electron chi connectivity index (χ4n) is 3.04. The van der Waals surface area contributed by atoms with Crippen LogP contribution in [0.2, 0.25) is 0 Å². The molecule has 1 aromatic carbocycles. The van der Waals surface area contributed by atoms with Crippen molar-refractivity contribution in [2.75, 3.05) is 24.1 Å². The van der Waals surface area contributed by atoms with Crippen LogP contribution >= 0.6 is 0 Å². The predicted octanol–water partition coefficient (Wildman–Crippen LogP) is 3.34. The molecular weight excluding hydrogens is 378 g/mol. The van der Waals surface area contributed by atoms with Gasteiger partial charge in [0.05, 0.1) is 22.8 Å². The van der Waals surface area contributed by atoms with E-state index in [1.807, 2.05) is 6.92 Å². The van der Waals surface area contributed by atoms with Crippen LogP contribution in [0.3, 0.4) is 0 Å². The van der Waals surface area contributed by atoms with Crippen molar-refractivity contribution in [3.8, 4) is 11.3 Å². The lowest BCUT2D eigenvalue weighted by molar-refractivity contribution is 0.162. The van der Waals surface area contributed by atoms with Crippen molar-refractivity contribution in [3.05, 3.63) is 65.7 Å². The number of urea groups is 1. The number of nitrogen functional groups attached to an aromatic ring is 1. The number of pyridine rings is 1. The van der Waals surface area contributed by atoms with Crippen molar-refractivity contribution in [1.29, 1.82) is 0 Å². The molecule has 0 atom stereocenters. The first-order chi connectivity index (χ1) is 13.9. The van der Waals surface area contributed by atoms with Crippen molar-refractivity contribution in [2.24, 2.45) is 0 Å². The maximum atomic E-state index is 14.0. The highest BCUT2D eigenvalue weighted by molar-refractivity contribution is 5.92. The summed E-state index contributed by atoms with van der Waals surface area (Å²) in [5.74, 6) is -1.18. The van der Waals surface area contributed by atoms with E-state index < -0.39 is 11.6 Å². The molecule has 2 aromatic heterocycles. The smallest absolute Gasteiger partial charge is 0.323 e. The molecule has 0 saturated carbocycles. The SMILES string of the molecule is Cc1cnc(C2CN(C(=O)Nc3nc(-c4ccc(F)cc4F)ccc3N)C2)cn1. The molecule has 1 aliphatic rings. The van der Waals surface area contributed by atoms with Crippen molar-refractivity contribution >= 4 is 17.5 Å². The van der Waals surface area contributed by atoms with Crippen LogP contribution in [0.5, 0.6) is 0 Å². The highest BCUT2D eigenvalue weighted by atomic mass is 19.1. The van der Waals surface area contributed by atoms with Gasteiger partial charge in [-0.05, 0) is 31.2 Å². The first kappa shape index (κ1) is 18.7. The number of nitrogens with two attached hydrogens (primary N) is 1. The van der Waals surface area contributed by atoms with Crippen molar-refractivity contribution in [3.63, 3.8) is 0 Å². The van der Waals surface area contributed by atoms with E-state index in [2.05, 4.69) is 20.3 Å². The van der Waals surface area contributed by atoms with E-state index in [-0.39, 0.29) is 34.7 Å². The Hall–Kier alpha value is -3.62. The highest BCUT2D eigenvalue weighted by Gasteiger charge is 2.33. The molecule has 0 radical (unpaired) electrons. The zero-order valence-electron chi connectivity index (χ0n) is 15.6. The Labute approximate surface area is 165 Å². The number of anilines is 2. The minimum Gasteiger partial charge on any atom is -0.396 e. The second kappa shape index (κ2) is 7.42. The van der Waals surface area contributed by atoms with Crippen molar-refractivity contribution in [1.82, 2.24) is 19.9 Å². The van der Waals surface area contributed by atoms with Gasteiger partial charge >= 0.3 is 6.03 Å². The van der Waals surface area contributed by atoms with Gasteiger partial charge in [-0.25, -0.2) is 18.6 Å². The number of amides is 2. The summed E-state index contributed by atoms with van der Waals surface area (Å²) < 4.78 is 27.2. The van der Waals surface area contributed by atoms with Gasteiger partial charge < -0.3 is 10.6 Å². The van der Waals surface area contributed by atoms with Crippen LogP contribution in [-0.2, 0) is 0 Å². The Morgan fingerprint density at radius 3 is 2.66 bits per heavy atom. The number of carbonyl (C=O) groups excluding carboxylic acids is 1. The van der Waals surface area contributed by atoms with Gasteiger partial charge in [-0.1, -0.05) is 0 Å². The molecule has 4 rings (SSSR count). The molecule has 0 spiro atoms. The molecule has 3 heterocycles. The minimum atomic E-state index is -0.746. The van der Waals surface area contributed by atoms with Gasteiger partial charge in [-0.2, -0.15) is 0 Å². The van der Waals surface area contributed by atoms with Crippen LogP contribution < -0.4 is 11.1 Å². The number of benzene rings is 1. The summed E-state index contributed by atoms with van der Waals surface area (Å²) in [5.41, 5.74) is 8.17. The Morgan fingerprint density at radius 2 is 1.97 bits per heavy atom. The lowest BCUT2D eigenvalue weighted by Crippen LogP contribution is -2.50. The number of carbonyl (C=O) groups is 1. The third-order valence-electron chi connectivity index (χ3n) is 4.75. The number of nitrogens with one attached hydrogen (secondary N) is 1. The number of likely N-dealkylation sites (tertiary alicyclic amines) is 1. The number of hydrogen-bond donors (Lipinski definition) is 2. The highest BCUT2D eigenvalue weighted by Crippen LogP contribution is 2.28. The Bertz CT molecular complexity index is 1070. The van der Waals surface area contributed by atoms with Crippen LogP contribution in [0.4, 0.5) is 25.1 Å². The van der Waals surface area contributed by atoms with E-state index >= 15 is 0 Å². The van der Waals surface area contributed by atoms with E-state index in [4.69, 9.17) is 5.73 Å². The molecule has 7 nitrogen and oxygen atoms in total. The number of aromatic nitrogens is 3. The van der Waals surface area contributed by atoms with Gasteiger partial charge in [0.1, 0.15) is 11.6 Å². The number of halogens is 2. The first-order valence-electron chi connectivity index (χ1n) is 8.97. The number of hydrogen-bond acceptors (Lipinski definition) is 5. The average molecular weight is 396 g/mol. The number of nitrogens with zero attached hydrogens (tertiary/aromatic N) is 4. The standard InChI is InChI=1S/C20H18F2N6O/c1-11-7-25-18(8-24-11)12-9-28(10-12)20(29)27-19-16(23)4-5-17(26-19)14-3-2-13(21)6-15(14)22/h2-8,12H,9-10,23H2,1H3,(H,26,27,29). The molecule has 1 saturated heterocycles. The topological polar surface area (TPSA) is 97.0 Å². The normalized spacial score (nSPS) is 13.8. The minimum absolute atomic E-state index is 0.115. The van der Waals surface area contributed by atoms with E-state index in [9.17, 15) is 13.6 Å². The van der Waals surface area contributed by atoms with Gasteiger partial charge in [-0.15, -0.1) is 0 Å². The largest absolute Gasteiger partial charge is 0.396 e. The Morgan fingerprint density at radius 1 is 1.17 bits per heavy atom. The predicted molar refractivity (Wildman–Crippen MR) is 104 cm³/mol. The molecule has 29 heavy (non-hydrogen) atoms. The van der Waals surface area contributed by atoms with Crippen LogP contribution in [0, 0.1) is 18.6 Å². The number of rotatable bonds is 3. The molecular formula is C20H18F2N6O. The Kier molecular flexibility index (Phi) is 4.79. The zero-order valence-corrected chi connectivity index (χ0v) is 15.6. The average Bonchev–Trinajstić information content (AvgIpc) is 2.64. The third kappa shape index (κ3) is 3.84. The maximum Gasteiger partial charge on any atom is 0.323 e. The number of aryl methyl sites for hydroxylation is 1. The second-order valence-electron chi connectivity index (χ2n) is 6.87. The zero-order chi connectivity index (χ0) is 20.5. The van der Waals surface area contributed by atoms with E-state index in [0.29, 0.717) is 13.1 Å². The molecule has 0 aliphatic carbocycles. The monoisotopic (exact) mass is 396 g/mol. The molecule has 1 fully saturated rings. The van der Waals surface area contributed by atoms with Gasteiger partial charge in [0.2, 0.25) is 0 Å². The summed E-state index contributed by atoms with van der Waals surface area (Å²) in [6.45, 7) is 2.85. The van der Waals surface area contributed by atoms with E-state index in [1.165, 1.54) is 18.2 Å². The molecule has 3 N–H and O–H groups in total. The van der Waals surface area contributed by atoms with Crippen molar-refractivity contribution in [2.45, 2.75) is 12.8 Å². The lowest BCUT2D eigenvalue weighted by Gasteiger charge is -2.38. The van der Waals surface area contributed by atoms with Crippen molar-refractivity contribution < 1.29 is 13.6 Å². The molecule has 9 heteroatoms. The van der Waals surface area contributed by atoms with Gasteiger partial charge in [0.25, 0.3) is 0 Å². The Balaban J connectivity index is 1.45. The van der Waals surface area contributed by atoms with Gasteiger partial charge in [0.15, 0.2) is 5.82 Å². The molecule has 0 unspecified atom stereocenters. The molecule has 0 bridgehead atoms. The molecule has 3 aromatic rings. The summed E-state index contributed by atoms with van der Waals surface area (Å²) >= 11 is 0.